The van der Waals surface area contributed by atoms with E-state index < -0.39 is 0 Å². The number of amides is 2. The Bertz CT molecular complexity index is 1030. The molecule has 2 aromatic carbocycles. The number of thioether (sulfide) groups is 1. The van der Waals surface area contributed by atoms with E-state index in [-0.39, 0.29) is 16.7 Å². The van der Waals surface area contributed by atoms with Crippen molar-refractivity contribution in [3.8, 4) is 0 Å². The maximum Gasteiger partial charge on any atom is 0.298 e. The van der Waals surface area contributed by atoms with Gasteiger partial charge in [0.1, 0.15) is 0 Å². The number of rotatable bonds is 3. The minimum atomic E-state index is -0.257. The summed E-state index contributed by atoms with van der Waals surface area (Å²) in [5.41, 5.74) is 4.24. The van der Waals surface area contributed by atoms with Crippen molar-refractivity contribution in [1.82, 2.24) is 0 Å². The van der Waals surface area contributed by atoms with E-state index in [1.807, 2.05) is 24.3 Å². The molecule has 2 aliphatic heterocycles. The molecule has 1 saturated heterocycles. The summed E-state index contributed by atoms with van der Waals surface area (Å²) in [5.74, 6) is 0.171. The van der Waals surface area contributed by atoms with Crippen LogP contribution in [0.15, 0.2) is 53.4 Å². The van der Waals surface area contributed by atoms with Crippen LogP contribution in [0.3, 0.4) is 0 Å². The number of anilines is 2. The molecular weight excluding hydrogens is 392 g/mol. The predicted octanol–water partition coefficient (Wildman–Crippen LogP) is 6.43. The highest BCUT2D eigenvalue weighted by Gasteiger charge is 2.38. The van der Waals surface area contributed by atoms with Gasteiger partial charge in [-0.3, -0.25) is 9.59 Å². The molecule has 0 saturated carbocycles. The Hall–Kier alpha value is -2.53. The number of benzene rings is 2. The molecule has 2 aromatic rings. The van der Waals surface area contributed by atoms with E-state index in [1.165, 1.54) is 16.2 Å². The second kappa shape index (κ2) is 7.62. The second-order valence-corrected chi connectivity index (χ2v) is 10.0. The van der Waals surface area contributed by atoms with Crippen LogP contribution in [0.25, 0.3) is 6.08 Å². The van der Waals surface area contributed by atoms with Crippen molar-refractivity contribution in [1.29, 1.82) is 0 Å². The molecule has 30 heavy (non-hydrogen) atoms. The lowest BCUT2D eigenvalue weighted by atomic mass is 9.79. The van der Waals surface area contributed by atoms with Crippen LogP contribution in [0.5, 0.6) is 0 Å². The molecule has 4 rings (SSSR count). The minimum absolute atomic E-state index is 0.0977. The fourth-order valence-corrected chi connectivity index (χ4v) is 5.80. The first-order valence-corrected chi connectivity index (χ1v) is 11.3. The van der Waals surface area contributed by atoms with E-state index in [0.717, 1.165) is 23.7 Å². The summed E-state index contributed by atoms with van der Waals surface area (Å²) in [4.78, 5) is 29.6. The Labute approximate surface area is 182 Å². The van der Waals surface area contributed by atoms with Crippen LogP contribution in [0.2, 0.25) is 0 Å². The van der Waals surface area contributed by atoms with Crippen molar-refractivity contribution in [2.24, 2.45) is 0 Å². The monoisotopic (exact) mass is 420 g/mol. The summed E-state index contributed by atoms with van der Waals surface area (Å²) in [6, 6.07) is 15.9. The summed E-state index contributed by atoms with van der Waals surface area (Å²) in [5, 5.41) is -0.253. The van der Waals surface area contributed by atoms with Crippen LogP contribution in [0.1, 0.15) is 58.1 Å². The molecule has 0 bridgehead atoms. The molecule has 0 N–H and O–H groups in total. The lowest BCUT2D eigenvalue weighted by molar-refractivity contribution is -0.113. The van der Waals surface area contributed by atoms with E-state index in [4.69, 9.17) is 0 Å². The Balaban J connectivity index is 1.68. The maximum atomic E-state index is 12.9. The highest BCUT2D eigenvalue weighted by molar-refractivity contribution is 8.19. The summed E-state index contributed by atoms with van der Waals surface area (Å²) >= 11 is 1.00. The van der Waals surface area contributed by atoms with Gasteiger partial charge in [0.2, 0.25) is 0 Å². The van der Waals surface area contributed by atoms with Gasteiger partial charge in [-0.2, -0.15) is 0 Å². The fraction of sp³-hybridized carbons (Fsp3) is 0.360. The highest BCUT2D eigenvalue weighted by Crippen LogP contribution is 2.45. The molecule has 0 aliphatic carbocycles. The first-order chi connectivity index (χ1) is 14.2. The van der Waals surface area contributed by atoms with Gasteiger partial charge in [-0.25, -0.2) is 4.90 Å². The van der Waals surface area contributed by atoms with E-state index in [2.05, 4.69) is 57.7 Å². The van der Waals surface area contributed by atoms with E-state index >= 15 is 0 Å². The zero-order valence-corrected chi connectivity index (χ0v) is 19.0. The average molecular weight is 421 g/mol. The van der Waals surface area contributed by atoms with E-state index in [1.54, 1.807) is 12.1 Å². The number of hydrogen-bond acceptors (Lipinski definition) is 4. The van der Waals surface area contributed by atoms with Crippen LogP contribution in [-0.4, -0.2) is 22.7 Å². The molecule has 4 nitrogen and oxygen atoms in total. The van der Waals surface area contributed by atoms with Crippen LogP contribution < -0.4 is 9.80 Å². The van der Waals surface area contributed by atoms with Crippen molar-refractivity contribution in [2.45, 2.75) is 58.5 Å². The third-order valence-electron chi connectivity index (χ3n) is 5.92. The van der Waals surface area contributed by atoms with E-state index in [0.29, 0.717) is 22.6 Å². The van der Waals surface area contributed by atoms with E-state index in [9.17, 15) is 9.59 Å². The summed E-state index contributed by atoms with van der Waals surface area (Å²) in [6.45, 7) is 11.3. The zero-order chi connectivity index (χ0) is 21.6. The molecule has 0 aromatic heterocycles. The number of carbonyl (C=O) groups is 2. The first kappa shape index (κ1) is 20.7. The summed E-state index contributed by atoms with van der Waals surface area (Å²) < 4.78 is 0. The SMILES string of the molecule is CC1CC(C)(C)N(C(C)C)c2ccc(/C=C3\SC(=O)N(c4ccccc4)C3=O)cc21. The molecule has 1 atom stereocenters. The fourth-order valence-electron chi connectivity index (χ4n) is 4.96. The first-order valence-electron chi connectivity index (χ1n) is 10.5. The van der Waals surface area contributed by atoms with Crippen molar-refractivity contribution >= 4 is 40.4 Å². The summed E-state index contributed by atoms with van der Waals surface area (Å²) in [6.07, 6.45) is 2.92. The van der Waals surface area contributed by atoms with Gasteiger partial charge in [0.15, 0.2) is 0 Å². The van der Waals surface area contributed by atoms with Gasteiger partial charge in [-0.1, -0.05) is 31.2 Å². The number of hydrogen-bond donors (Lipinski definition) is 0. The topological polar surface area (TPSA) is 40.6 Å². The molecular formula is C25H28N2O2S. The van der Waals surface area contributed by atoms with Gasteiger partial charge in [0.05, 0.1) is 10.6 Å². The number of fused-ring (bicyclic) bond motifs is 1. The molecule has 1 unspecified atom stereocenters. The largest absolute Gasteiger partial charge is 0.364 e. The standard InChI is InChI=1S/C25H28N2O2S/c1-16(2)27-21-12-11-18(13-20(21)17(3)15-25(27,4)5)14-22-23(28)26(24(29)30-22)19-9-7-6-8-10-19/h6-14,16-17H,15H2,1-5H3/b22-14-. The quantitative estimate of drug-likeness (QED) is 0.537. The third-order valence-corrected chi connectivity index (χ3v) is 6.79. The molecule has 2 heterocycles. The second-order valence-electron chi connectivity index (χ2n) is 9.05. The van der Waals surface area contributed by atoms with Gasteiger partial charge in [0.25, 0.3) is 11.1 Å². The van der Waals surface area contributed by atoms with Gasteiger partial charge >= 0.3 is 0 Å². The van der Waals surface area contributed by atoms with Gasteiger partial charge in [-0.05, 0) is 93.3 Å². The molecule has 0 radical (unpaired) electrons. The van der Waals surface area contributed by atoms with Crippen molar-refractivity contribution in [3.63, 3.8) is 0 Å². The Kier molecular flexibility index (Phi) is 5.27. The summed E-state index contributed by atoms with van der Waals surface area (Å²) in [7, 11) is 0. The van der Waals surface area contributed by atoms with Gasteiger partial charge < -0.3 is 4.90 Å². The molecule has 2 amide bonds. The normalized spacial score (nSPS) is 22.2. The van der Waals surface area contributed by atoms with Crippen LogP contribution in [-0.2, 0) is 4.79 Å². The molecule has 0 spiro atoms. The van der Waals surface area contributed by atoms with Crippen molar-refractivity contribution in [2.75, 3.05) is 9.80 Å². The zero-order valence-electron chi connectivity index (χ0n) is 18.2. The number of imide groups is 1. The Morgan fingerprint density at radius 2 is 1.80 bits per heavy atom. The van der Waals surface area contributed by atoms with Crippen LogP contribution >= 0.6 is 11.8 Å². The maximum absolute atomic E-state index is 12.9. The van der Waals surface area contributed by atoms with Crippen molar-refractivity contribution in [3.05, 3.63) is 64.6 Å². The lowest BCUT2D eigenvalue weighted by Gasteiger charge is -2.50. The molecule has 5 heteroatoms. The number of nitrogens with zero attached hydrogens (tertiary/aromatic N) is 2. The van der Waals surface area contributed by atoms with Gasteiger partial charge in [0, 0.05) is 17.3 Å². The van der Waals surface area contributed by atoms with Crippen LogP contribution in [0.4, 0.5) is 16.2 Å². The van der Waals surface area contributed by atoms with Gasteiger partial charge in [-0.15, -0.1) is 0 Å². The third kappa shape index (κ3) is 3.56. The average Bonchev–Trinajstić information content (AvgIpc) is 2.95. The molecule has 2 aliphatic rings. The minimum Gasteiger partial charge on any atom is -0.364 e. The Morgan fingerprint density at radius 3 is 2.47 bits per heavy atom. The smallest absolute Gasteiger partial charge is 0.298 e. The number of carbonyl (C=O) groups excluding carboxylic acids is 2. The molecule has 156 valence electrons. The van der Waals surface area contributed by atoms with Crippen LogP contribution in [0, 0.1) is 0 Å². The number of para-hydroxylation sites is 1. The Morgan fingerprint density at radius 1 is 1.10 bits per heavy atom. The lowest BCUT2D eigenvalue weighted by Crippen LogP contribution is -2.51. The highest BCUT2D eigenvalue weighted by atomic mass is 32.2. The predicted molar refractivity (Wildman–Crippen MR) is 126 cm³/mol. The van der Waals surface area contributed by atoms with Crippen molar-refractivity contribution < 1.29 is 9.59 Å². The molecule has 1 fully saturated rings.